The Morgan fingerprint density at radius 1 is 1.31 bits per heavy atom. The molecule has 8 nitrogen and oxygen atoms in total. The molecule has 3 aliphatic rings. The maximum atomic E-state index is 13.5. The van der Waals surface area contributed by atoms with Gasteiger partial charge in [-0.25, -0.2) is 0 Å². The van der Waals surface area contributed by atoms with E-state index >= 15 is 0 Å². The van der Waals surface area contributed by atoms with E-state index in [-0.39, 0.29) is 29.9 Å². The van der Waals surface area contributed by atoms with Crippen LogP contribution >= 0.6 is 0 Å². The summed E-state index contributed by atoms with van der Waals surface area (Å²) in [6, 6.07) is 0. The maximum Gasteiger partial charge on any atom is 0.235 e. The molecule has 4 rings (SSSR count). The van der Waals surface area contributed by atoms with E-state index in [1.165, 1.54) is 0 Å². The van der Waals surface area contributed by atoms with Gasteiger partial charge in [-0.15, -0.1) is 10.2 Å². The Labute approximate surface area is 171 Å². The fraction of sp³-hybridized carbons (Fsp3) is 0.714. The summed E-state index contributed by atoms with van der Waals surface area (Å²) >= 11 is 0. The summed E-state index contributed by atoms with van der Waals surface area (Å²) in [6.07, 6.45) is 4.24. The van der Waals surface area contributed by atoms with E-state index < -0.39 is 17.4 Å². The molecule has 0 N–H and O–H groups in total. The van der Waals surface area contributed by atoms with Crippen LogP contribution in [0.5, 0.6) is 0 Å². The minimum Gasteiger partial charge on any atom is -0.423 e. The quantitative estimate of drug-likeness (QED) is 0.674. The van der Waals surface area contributed by atoms with Crippen molar-refractivity contribution in [2.75, 3.05) is 19.6 Å². The van der Waals surface area contributed by atoms with Crippen molar-refractivity contribution >= 4 is 11.8 Å². The first-order valence-electron chi connectivity index (χ1n) is 10.4. The first kappa shape index (κ1) is 20.1. The molecule has 2 saturated heterocycles. The number of carbonyl (C=O) groups is 2. The zero-order chi connectivity index (χ0) is 21.0. The minimum absolute atomic E-state index is 0.0173. The lowest BCUT2D eigenvalue weighted by Crippen LogP contribution is -2.46. The standard InChI is InChI=1S/C21H30N4O4/c1-6-14-22-23-15(28-14)10-24(7-2)18(26)16-13-8-9-21(29-13)12-25(11-20(3,4)5)19(27)17(16)21/h8-9,13,16-17H,6-7,10-12H2,1-5H3/t13-,16-,17+,21-/m0/s1. The number of amides is 2. The second-order valence-electron chi connectivity index (χ2n) is 9.45. The smallest absolute Gasteiger partial charge is 0.235 e. The van der Waals surface area contributed by atoms with E-state index in [9.17, 15) is 9.59 Å². The third-order valence-electron chi connectivity index (χ3n) is 5.96. The molecule has 0 radical (unpaired) electrons. The van der Waals surface area contributed by atoms with Crippen LogP contribution in [0.25, 0.3) is 0 Å². The molecule has 29 heavy (non-hydrogen) atoms. The van der Waals surface area contributed by atoms with Crippen LogP contribution in [-0.2, 0) is 27.3 Å². The van der Waals surface area contributed by atoms with Crippen molar-refractivity contribution in [3.8, 4) is 0 Å². The van der Waals surface area contributed by atoms with Gasteiger partial charge in [-0.1, -0.05) is 39.8 Å². The van der Waals surface area contributed by atoms with Gasteiger partial charge in [-0.2, -0.15) is 0 Å². The molecule has 1 aromatic rings. The molecule has 2 bridgehead atoms. The van der Waals surface area contributed by atoms with Gasteiger partial charge in [-0.05, 0) is 12.3 Å². The van der Waals surface area contributed by atoms with Gasteiger partial charge in [-0.3, -0.25) is 9.59 Å². The Bertz CT molecular complexity index is 842. The molecular weight excluding hydrogens is 372 g/mol. The molecule has 3 aliphatic heterocycles. The molecule has 1 spiro atoms. The summed E-state index contributed by atoms with van der Waals surface area (Å²) in [4.78, 5) is 30.3. The Morgan fingerprint density at radius 2 is 2.03 bits per heavy atom. The second-order valence-corrected chi connectivity index (χ2v) is 9.45. The summed E-state index contributed by atoms with van der Waals surface area (Å²) in [5.74, 6) is -0.0691. The molecule has 0 unspecified atom stereocenters. The van der Waals surface area contributed by atoms with E-state index in [0.717, 1.165) is 0 Å². The Morgan fingerprint density at radius 3 is 2.66 bits per heavy atom. The van der Waals surface area contributed by atoms with Gasteiger partial charge in [0, 0.05) is 19.5 Å². The van der Waals surface area contributed by atoms with Crippen molar-refractivity contribution < 1.29 is 18.7 Å². The second kappa shape index (κ2) is 6.93. The highest BCUT2D eigenvalue weighted by atomic mass is 16.5. The number of nitrogens with zero attached hydrogens (tertiary/aromatic N) is 4. The van der Waals surface area contributed by atoms with Gasteiger partial charge in [0.2, 0.25) is 23.6 Å². The van der Waals surface area contributed by atoms with E-state index in [0.29, 0.717) is 37.8 Å². The number of hydrogen-bond donors (Lipinski definition) is 0. The SMILES string of the molecule is CCc1nnc(CN(CC)C(=O)[C@H]2[C@@H]3C=C[C@@]4(CN(CC(C)(C)C)C(=O)[C@@H]24)O3)o1. The van der Waals surface area contributed by atoms with E-state index in [1.807, 2.05) is 30.9 Å². The topological polar surface area (TPSA) is 88.8 Å². The predicted molar refractivity (Wildman–Crippen MR) is 105 cm³/mol. The molecule has 0 aromatic carbocycles. The fourth-order valence-electron chi connectivity index (χ4n) is 4.78. The maximum absolute atomic E-state index is 13.5. The van der Waals surface area contributed by atoms with Crippen molar-refractivity contribution in [2.45, 2.75) is 59.3 Å². The number of hydrogen-bond acceptors (Lipinski definition) is 6. The van der Waals surface area contributed by atoms with Crippen molar-refractivity contribution in [3.63, 3.8) is 0 Å². The van der Waals surface area contributed by atoms with E-state index in [2.05, 4.69) is 31.0 Å². The van der Waals surface area contributed by atoms with Gasteiger partial charge >= 0.3 is 0 Å². The van der Waals surface area contributed by atoms with Crippen LogP contribution in [-0.4, -0.2) is 63.2 Å². The van der Waals surface area contributed by atoms with Crippen molar-refractivity contribution in [3.05, 3.63) is 23.9 Å². The molecule has 4 atom stereocenters. The Balaban J connectivity index is 1.55. The number of aryl methyl sites for hydroxylation is 1. The lowest BCUT2D eigenvalue weighted by atomic mass is 9.76. The normalized spacial score (nSPS) is 30.3. The highest BCUT2D eigenvalue weighted by molar-refractivity contribution is 5.93. The molecular formula is C21H30N4O4. The zero-order valence-electron chi connectivity index (χ0n) is 17.8. The van der Waals surface area contributed by atoms with Crippen molar-refractivity contribution in [2.24, 2.45) is 17.3 Å². The van der Waals surface area contributed by atoms with Crippen LogP contribution in [0.4, 0.5) is 0 Å². The number of carbonyl (C=O) groups excluding carboxylic acids is 2. The first-order chi connectivity index (χ1) is 13.7. The van der Waals surface area contributed by atoms with Crippen molar-refractivity contribution in [1.29, 1.82) is 0 Å². The highest BCUT2D eigenvalue weighted by Gasteiger charge is 2.67. The van der Waals surface area contributed by atoms with Crippen molar-refractivity contribution in [1.82, 2.24) is 20.0 Å². The lowest BCUT2D eigenvalue weighted by molar-refractivity contribution is -0.144. The zero-order valence-corrected chi connectivity index (χ0v) is 17.8. The fourth-order valence-corrected chi connectivity index (χ4v) is 4.78. The average Bonchev–Trinajstić information content (AvgIpc) is 3.39. The number of aromatic nitrogens is 2. The monoisotopic (exact) mass is 402 g/mol. The van der Waals surface area contributed by atoms with Gasteiger partial charge < -0.3 is 19.0 Å². The van der Waals surface area contributed by atoms with Crippen LogP contribution in [0.3, 0.4) is 0 Å². The summed E-state index contributed by atoms with van der Waals surface area (Å²) in [7, 11) is 0. The lowest BCUT2D eigenvalue weighted by Gasteiger charge is -2.29. The minimum atomic E-state index is -0.674. The highest BCUT2D eigenvalue weighted by Crippen LogP contribution is 2.52. The predicted octanol–water partition coefficient (Wildman–Crippen LogP) is 1.81. The van der Waals surface area contributed by atoms with Crippen LogP contribution in [0.2, 0.25) is 0 Å². The number of ether oxygens (including phenoxy) is 1. The molecule has 2 amide bonds. The third kappa shape index (κ3) is 3.37. The number of fused-ring (bicyclic) bond motifs is 1. The molecule has 158 valence electrons. The molecule has 4 heterocycles. The van der Waals surface area contributed by atoms with Gasteiger partial charge in [0.15, 0.2) is 0 Å². The van der Waals surface area contributed by atoms with Crippen LogP contribution in [0.15, 0.2) is 16.6 Å². The molecule has 8 heteroatoms. The van der Waals surface area contributed by atoms with Gasteiger partial charge in [0.25, 0.3) is 0 Å². The summed E-state index contributed by atoms with van der Waals surface area (Å²) in [6.45, 7) is 12.1. The summed E-state index contributed by atoms with van der Waals surface area (Å²) in [5.41, 5.74) is -0.691. The first-order valence-corrected chi connectivity index (χ1v) is 10.4. The average molecular weight is 402 g/mol. The molecule has 0 saturated carbocycles. The molecule has 2 fully saturated rings. The summed E-state index contributed by atoms with van der Waals surface area (Å²) < 4.78 is 11.8. The largest absolute Gasteiger partial charge is 0.423 e. The number of rotatable bonds is 6. The number of likely N-dealkylation sites (tertiary alicyclic amines) is 1. The van der Waals surface area contributed by atoms with Crippen LogP contribution < -0.4 is 0 Å². The Kier molecular flexibility index (Phi) is 4.80. The van der Waals surface area contributed by atoms with Crippen LogP contribution in [0, 0.1) is 17.3 Å². The van der Waals surface area contributed by atoms with Gasteiger partial charge in [0.05, 0.1) is 31.0 Å². The molecule has 1 aromatic heterocycles. The van der Waals surface area contributed by atoms with E-state index in [1.54, 1.807) is 4.90 Å². The molecule has 0 aliphatic carbocycles. The summed E-state index contributed by atoms with van der Waals surface area (Å²) in [5, 5.41) is 8.01. The van der Waals surface area contributed by atoms with Crippen LogP contribution in [0.1, 0.15) is 46.4 Å². The van der Waals surface area contributed by atoms with E-state index in [4.69, 9.17) is 9.15 Å². The van der Waals surface area contributed by atoms with Gasteiger partial charge in [0.1, 0.15) is 5.60 Å². The third-order valence-corrected chi connectivity index (χ3v) is 5.96. The Hall–Kier alpha value is -2.22.